The number of hydrogen-bond donors (Lipinski definition) is 1. The quantitative estimate of drug-likeness (QED) is 0.163. The predicted octanol–water partition coefficient (Wildman–Crippen LogP) is 14.7. The van der Waals surface area contributed by atoms with E-state index in [9.17, 15) is 0 Å². The van der Waals surface area contributed by atoms with Gasteiger partial charge in [-0.05, 0) is 98.0 Å². The Kier molecular flexibility index (Phi) is 9.31. The third-order valence-electron chi connectivity index (χ3n) is 13.9. The van der Waals surface area contributed by atoms with Crippen LogP contribution in [0.4, 0.5) is 0 Å². The molecule has 0 saturated heterocycles. The van der Waals surface area contributed by atoms with E-state index in [1.807, 2.05) is 0 Å². The Morgan fingerprint density at radius 2 is 1.09 bits per heavy atom. The standard InChI is InChI=1S/C61H47N3/c1-2-49-58(42-23-10-4-11-24-42)62-60(43-25-12-5-13-26-43)63-59(49)45-27-20-32-48(39-45)64-54-37-35-44(41-21-8-3-9-22-41)40-51(54)57-55(64)38-36-53-56(57)50-33-18-19-34-52(50)61(53,46-28-14-6-15-29-46)47-30-16-7-17-31-47/h3-40,49,59-60,63H,2H2,1H3. The monoisotopic (exact) mass is 821 g/mol. The summed E-state index contributed by atoms with van der Waals surface area (Å²) in [6.07, 6.45) is 0.778. The van der Waals surface area contributed by atoms with Gasteiger partial charge in [0.05, 0.1) is 16.4 Å². The summed E-state index contributed by atoms with van der Waals surface area (Å²) in [4.78, 5) is 5.45. The summed E-state index contributed by atoms with van der Waals surface area (Å²) in [5, 5.41) is 6.57. The lowest BCUT2D eigenvalue weighted by Crippen LogP contribution is -2.40. The van der Waals surface area contributed by atoms with E-state index in [1.54, 1.807) is 0 Å². The third-order valence-corrected chi connectivity index (χ3v) is 13.9. The summed E-state index contributed by atoms with van der Waals surface area (Å²) in [7, 11) is 0. The summed E-state index contributed by atoms with van der Waals surface area (Å²) in [6.45, 7) is 2.30. The topological polar surface area (TPSA) is 29.3 Å². The average molecular weight is 822 g/mol. The molecule has 0 saturated carbocycles. The molecule has 10 aromatic rings. The van der Waals surface area contributed by atoms with E-state index in [0.29, 0.717) is 0 Å². The fourth-order valence-corrected chi connectivity index (χ4v) is 11.2. The molecule has 0 spiro atoms. The van der Waals surface area contributed by atoms with Gasteiger partial charge in [0.1, 0.15) is 6.17 Å². The van der Waals surface area contributed by atoms with Crippen LogP contribution in [0.5, 0.6) is 0 Å². The number of aliphatic imine (C=N–C) groups is 1. The van der Waals surface area contributed by atoms with Crippen LogP contribution in [0.2, 0.25) is 0 Å². The highest BCUT2D eigenvalue weighted by Gasteiger charge is 2.47. The van der Waals surface area contributed by atoms with Crippen molar-refractivity contribution in [2.24, 2.45) is 10.9 Å². The molecular weight excluding hydrogens is 775 g/mol. The first-order valence-corrected chi connectivity index (χ1v) is 22.6. The van der Waals surface area contributed by atoms with E-state index in [1.165, 1.54) is 83.0 Å². The van der Waals surface area contributed by atoms with E-state index in [2.05, 4.69) is 247 Å². The first-order valence-electron chi connectivity index (χ1n) is 22.6. The highest BCUT2D eigenvalue weighted by molar-refractivity contribution is 6.19. The molecule has 0 amide bonds. The summed E-state index contributed by atoms with van der Waals surface area (Å²) in [5.74, 6) is 0.174. The largest absolute Gasteiger partial charge is 0.309 e. The molecule has 64 heavy (non-hydrogen) atoms. The number of benzene rings is 9. The van der Waals surface area contributed by atoms with E-state index < -0.39 is 5.41 Å². The van der Waals surface area contributed by atoms with Crippen molar-refractivity contribution < 1.29 is 0 Å². The van der Waals surface area contributed by atoms with Crippen molar-refractivity contribution in [2.45, 2.75) is 31.0 Å². The van der Waals surface area contributed by atoms with Crippen molar-refractivity contribution in [3.05, 3.63) is 269 Å². The number of fused-ring (bicyclic) bond motifs is 7. The molecule has 2 heterocycles. The second-order valence-electron chi connectivity index (χ2n) is 17.3. The van der Waals surface area contributed by atoms with Gasteiger partial charge in [0.25, 0.3) is 0 Å². The molecule has 1 aliphatic carbocycles. The number of hydrogen-bond acceptors (Lipinski definition) is 2. The molecular formula is C61H47N3. The van der Waals surface area contributed by atoms with Crippen LogP contribution in [-0.4, -0.2) is 10.3 Å². The van der Waals surface area contributed by atoms with Crippen molar-refractivity contribution in [3.63, 3.8) is 0 Å². The van der Waals surface area contributed by atoms with Gasteiger partial charge in [0, 0.05) is 34.1 Å². The molecule has 1 N–H and O–H groups in total. The van der Waals surface area contributed by atoms with E-state index >= 15 is 0 Å². The second kappa shape index (κ2) is 15.6. The number of nitrogens with zero attached hydrogens (tertiary/aromatic N) is 2. The maximum Gasteiger partial charge on any atom is 0.126 e. The minimum atomic E-state index is -0.497. The molecule has 3 atom stereocenters. The smallest absolute Gasteiger partial charge is 0.126 e. The Hall–Kier alpha value is -7.59. The summed E-state index contributed by atoms with van der Waals surface area (Å²) in [6, 6.07) is 84.8. The Morgan fingerprint density at radius 3 is 1.78 bits per heavy atom. The van der Waals surface area contributed by atoms with Crippen LogP contribution in [0, 0.1) is 5.92 Å². The Labute approximate surface area is 375 Å². The van der Waals surface area contributed by atoms with E-state index in [-0.39, 0.29) is 18.1 Å². The fourth-order valence-electron chi connectivity index (χ4n) is 11.2. The molecule has 1 aromatic heterocycles. The van der Waals surface area contributed by atoms with Crippen LogP contribution >= 0.6 is 0 Å². The molecule has 2 aliphatic rings. The fraction of sp³-hybridized carbons (Fsp3) is 0.0984. The van der Waals surface area contributed by atoms with Crippen molar-refractivity contribution in [1.82, 2.24) is 9.88 Å². The maximum atomic E-state index is 5.45. The van der Waals surface area contributed by atoms with Crippen molar-refractivity contribution >= 4 is 27.5 Å². The summed E-state index contributed by atoms with van der Waals surface area (Å²) >= 11 is 0. The van der Waals surface area contributed by atoms with Gasteiger partial charge in [-0.1, -0.05) is 207 Å². The molecule has 0 radical (unpaired) electrons. The zero-order valence-corrected chi connectivity index (χ0v) is 35.8. The van der Waals surface area contributed by atoms with Gasteiger partial charge in [-0.15, -0.1) is 0 Å². The molecule has 3 heteroatoms. The molecule has 9 aromatic carbocycles. The van der Waals surface area contributed by atoms with Gasteiger partial charge >= 0.3 is 0 Å². The molecule has 12 rings (SSSR count). The van der Waals surface area contributed by atoms with Gasteiger partial charge < -0.3 is 4.57 Å². The zero-order chi connectivity index (χ0) is 42.6. The van der Waals surface area contributed by atoms with Crippen LogP contribution in [-0.2, 0) is 5.41 Å². The summed E-state index contributed by atoms with van der Waals surface area (Å²) in [5.41, 5.74) is 18.0. The number of nitrogens with one attached hydrogen (secondary N) is 1. The maximum absolute atomic E-state index is 5.45. The predicted molar refractivity (Wildman–Crippen MR) is 265 cm³/mol. The lowest BCUT2D eigenvalue weighted by Gasteiger charge is -2.37. The molecule has 1 aliphatic heterocycles. The average Bonchev–Trinajstić information content (AvgIpc) is 3.87. The lowest BCUT2D eigenvalue weighted by atomic mass is 9.67. The van der Waals surface area contributed by atoms with Crippen LogP contribution < -0.4 is 5.32 Å². The molecule has 3 unspecified atom stereocenters. The lowest BCUT2D eigenvalue weighted by molar-refractivity contribution is 0.357. The van der Waals surface area contributed by atoms with Crippen LogP contribution in [0.25, 0.3) is 49.7 Å². The zero-order valence-electron chi connectivity index (χ0n) is 35.8. The second-order valence-corrected chi connectivity index (χ2v) is 17.3. The van der Waals surface area contributed by atoms with Gasteiger partial charge in [-0.25, -0.2) is 0 Å². The molecule has 306 valence electrons. The normalized spacial score (nSPS) is 17.5. The Balaban J connectivity index is 1.11. The van der Waals surface area contributed by atoms with Crippen molar-refractivity contribution in [3.8, 4) is 27.9 Å². The van der Waals surface area contributed by atoms with Crippen LogP contribution in [0.15, 0.2) is 236 Å². The summed E-state index contributed by atoms with van der Waals surface area (Å²) < 4.78 is 2.52. The molecule has 3 nitrogen and oxygen atoms in total. The van der Waals surface area contributed by atoms with E-state index in [4.69, 9.17) is 4.99 Å². The SMILES string of the molecule is CCC1C(c2ccccc2)=NC(c2ccccc2)NC1c1cccc(-n2c3ccc(-c4ccccc4)cc3c3c4c(ccc32)C(c2ccccc2)(c2ccccc2)c2ccccc2-4)c1. The molecule has 0 bridgehead atoms. The van der Waals surface area contributed by atoms with Crippen LogP contribution in [0.1, 0.15) is 64.5 Å². The van der Waals surface area contributed by atoms with Crippen LogP contribution in [0.3, 0.4) is 0 Å². The van der Waals surface area contributed by atoms with Crippen molar-refractivity contribution in [1.29, 1.82) is 0 Å². The Morgan fingerprint density at radius 1 is 0.500 bits per heavy atom. The number of aromatic nitrogens is 1. The first-order chi connectivity index (χ1) is 31.7. The highest BCUT2D eigenvalue weighted by atomic mass is 15.1. The Bertz CT molecular complexity index is 3300. The number of rotatable bonds is 8. The van der Waals surface area contributed by atoms with E-state index in [0.717, 1.165) is 17.8 Å². The molecule has 0 fully saturated rings. The minimum absolute atomic E-state index is 0.0362. The van der Waals surface area contributed by atoms with Gasteiger partial charge in [0.15, 0.2) is 0 Å². The first kappa shape index (κ1) is 38.1. The van der Waals surface area contributed by atoms with Gasteiger partial charge in [-0.3, -0.25) is 10.3 Å². The van der Waals surface area contributed by atoms with Gasteiger partial charge in [0.2, 0.25) is 0 Å². The van der Waals surface area contributed by atoms with Crippen molar-refractivity contribution in [2.75, 3.05) is 0 Å². The third kappa shape index (κ3) is 5.96. The minimum Gasteiger partial charge on any atom is -0.309 e. The highest BCUT2D eigenvalue weighted by Crippen LogP contribution is 2.59. The van der Waals surface area contributed by atoms with Gasteiger partial charge in [-0.2, -0.15) is 0 Å².